The van der Waals surface area contributed by atoms with Gasteiger partial charge in [0.05, 0.1) is 10.5 Å². The molecule has 0 aromatic heterocycles. The van der Waals surface area contributed by atoms with Crippen LogP contribution in [0.3, 0.4) is 0 Å². The van der Waals surface area contributed by atoms with E-state index in [1.807, 2.05) is 6.92 Å². The Morgan fingerprint density at radius 1 is 1.45 bits per heavy atom. The van der Waals surface area contributed by atoms with Crippen molar-refractivity contribution in [3.05, 3.63) is 39.7 Å². The summed E-state index contributed by atoms with van der Waals surface area (Å²) in [5.74, 6) is -0.939. The molecule has 1 aromatic carbocycles. The molecular weight excluding hydrogens is 263 g/mol. The zero-order chi connectivity index (χ0) is 15.3. The van der Waals surface area contributed by atoms with Gasteiger partial charge in [0, 0.05) is 18.2 Å². The van der Waals surface area contributed by atoms with E-state index in [-0.39, 0.29) is 17.3 Å². The van der Waals surface area contributed by atoms with E-state index in [2.05, 4.69) is 19.2 Å². The van der Waals surface area contributed by atoms with E-state index < -0.39 is 16.6 Å². The first-order chi connectivity index (χ1) is 9.35. The van der Waals surface area contributed by atoms with Gasteiger partial charge in [0.25, 0.3) is 11.6 Å². The van der Waals surface area contributed by atoms with Gasteiger partial charge in [-0.3, -0.25) is 14.9 Å². The van der Waals surface area contributed by atoms with Gasteiger partial charge < -0.3 is 5.32 Å². The third-order valence-electron chi connectivity index (χ3n) is 3.24. The third-order valence-corrected chi connectivity index (χ3v) is 3.24. The van der Waals surface area contributed by atoms with Crippen molar-refractivity contribution in [2.75, 3.05) is 0 Å². The second-order valence-electron chi connectivity index (χ2n) is 5.04. The van der Waals surface area contributed by atoms with Crippen LogP contribution in [0.5, 0.6) is 0 Å². The summed E-state index contributed by atoms with van der Waals surface area (Å²) in [6.07, 6.45) is 1.77. The van der Waals surface area contributed by atoms with Gasteiger partial charge in [0.15, 0.2) is 0 Å². The Balaban J connectivity index is 2.81. The number of hydrogen-bond acceptors (Lipinski definition) is 3. The number of benzene rings is 1. The lowest BCUT2D eigenvalue weighted by Crippen LogP contribution is -2.34. The first kappa shape index (κ1) is 16.1. The van der Waals surface area contributed by atoms with Crippen LogP contribution in [0.15, 0.2) is 18.2 Å². The zero-order valence-electron chi connectivity index (χ0n) is 11.9. The lowest BCUT2D eigenvalue weighted by molar-refractivity contribution is -0.384. The number of amides is 1. The Hall–Kier alpha value is -1.98. The Labute approximate surface area is 117 Å². The van der Waals surface area contributed by atoms with E-state index in [1.165, 1.54) is 0 Å². The molecule has 2 atom stereocenters. The molecule has 0 bridgehead atoms. The van der Waals surface area contributed by atoms with Gasteiger partial charge >= 0.3 is 0 Å². The molecule has 0 saturated carbocycles. The molecule has 1 amide bonds. The van der Waals surface area contributed by atoms with E-state index in [1.54, 1.807) is 0 Å². The number of hydrogen-bond donors (Lipinski definition) is 1. The van der Waals surface area contributed by atoms with Gasteiger partial charge in [-0.15, -0.1) is 0 Å². The third kappa shape index (κ3) is 4.29. The predicted molar refractivity (Wildman–Crippen MR) is 74.1 cm³/mol. The van der Waals surface area contributed by atoms with Crippen LogP contribution in [-0.2, 0) is 0 Å². The van der Waals surface area contributed by atoms with Crippen molar-refractivity contribution < 1.29 is 14.1 Å². The Morgan fingerprint density at radius 2 is 2.10 bits per heavy atom. The molecule has 0 aliphatic heterocycles. The molecule has 0 fully saturated rings. The second-order valence-corrected chi connectivity index (χ2v) is 5.04. The quantitative estimate of drug-likeness (QED) is 0.642. The van der Waals surface area contributed by atoms with E-state index in [0.717, 1.165) is 31.0 Å². The molecular formula is C14H19FN2O3. The standard InChI is InChI=1S/C14H19FN2O3/c1-4-9(2)7-10(3)16-14(18)12-8-11(17(19)20)5-6-13(12)15/h5-6,8-10H,4,7H2,1-3H3,(H,16,18). The van der Waals surface area contributed by atoms with Crippen LogP contribution in [0.2, 0.25) is 0 Å². The lowest BCUT2D eigenvalue weighted by atomic mass is 10.00. The number of rotatable bonds is 6. The lowest BCUT2D eigenvalue weighted by Gasteiger charge is -2.17. The summed E-state index contributed by atoms with van der Waals surface area (Å²) in [5.41, 5.74) is -0.596. The Bertz CT molecular complexity index is 505. The van der Waals surface area contributed by atoms with Crippen molar-refractivity contribution in [3.8, 4) is 0 Å². The second kappa shape index (κ2) is 6.98. The van der Waals surface area contributed by atoms with E-state index in [9.17, 15) is 19.3 Å². The molecule has 1 rings (SSSR count). The first-order valence-electron chi connectivity index (χ1n) is 6.60. The fourth-order valence-corrected chi connectivity index (χ4v) is 1.93. The number of nitro groups is 1. The van der Waals surface area contributed by atoms with Gasteiger partial charge in [-0.25, -0.2) is 4.39 Å². The first-order valence-corrected chi connectivity index (χ1v) is 6.60. The van der Waals surface area contributed by atoms with Crippen LogP contribution < -0.4 is 5.32 Å². The molecule has 2 unspecified atom stereocenters. The molecule has 0 aliphatic rings. The van der Waals surface area contributed by atoms with Gasteiger partial charge in [-0.2, -0.15) is 0 Å². The average molecular weight is 282 g/mol. The maximum absolute atomic E-state index is 13.6. The molecule has 20 heavy (non-hydrogen) atoms. The molecule has 5 nitrogen and oxygen atoms in total. The highest BCUT2D eigenvalue weighted by atomic mass is 19.1. The van der Waals surface area contributed by atoms with Gasteiger partial charge in [0.2, 0.25) is 0 Å². The number of non-ortho nitro benzene ring substituents is 1. The minimum Gasteiger partial charge on any atom is -0.349 e. The van der Waals surface area contributed by atoms with Crippen molar-refractivity contribution in [1.82, 2.24) is 5.32 Å². The van der Waals surface area contributed by atoms with Crippen molar-refractivity contribution in [2.45, 2.75) is 39.7 Å². The van der Waals surface area contributed by atoms with Gasteiger partial charge in [-0.1, -0.05) is 20.3 Å². The number of nitro benzene ring substituents is 1. The van der Waals surface area contributed by atoms with Gasteiger partial charge in [0.1, 0.15) is 5.82 Å². The normalized spacial score (nSPS) is 13.6. The number of carbonyl (C=O) groups is 1. The average Bonchev–Trinajstić information content (AvgIpc) is 2.38. The number of nitrogens with zero attached hydrogens (tertiary/aromatic N) is 1. The molecule has 0 saturated heterocycles. The summed E-state index contributed by atoms with van der Waals surface area (Å²) in [5, 5.41) is 13.3. The topological polar surface area (TPSA) is 72.2 Å². The van der Waals surface area contributed by atoms with Crippen LogP contribution in [0.1, 0.15) is 44.0 Å². The van der Waals surface area contributed by atoms with Crippen molar-refractivity contribution in [2.24, 2.45) is 5.92 Å². The molecule has 0 spiro atoms. The van der Waals surface area contributed by atoms with E-state index >= 15 is 0 Å². The summed E-state index contributed by atoms with van der Waals surface area (Å²) in [7, 11) is 0. The van der Waals surface area contributed by atoms with E-state index in [0.29, 0.717) is 5.92 Å². The zero-order valence-corrected chi connectivity index (χ0v) is 11.9. The van der Waals surface area contributed by atoms with Crippen molar-refractivity contribution in [1.29, 1.82) is 0 Å². The minimum absolute atomic E-state index is 0.115. The number of carbonyl (C=O) groups excluding carboxylic acids is 1. The highest BCUT2D eigenvalue weighted by molar-refractivity contribution is 5.95. The predicted octanol–water partition coefficient (Wildman–Crippen LogP) is 3.29. The molecule has 6 heteroatoms. The minimum atomic E-state index is -0.760. The largest absolute Gasteiger partial charge is 0.349 e. The fraction of sp³-hybridized carbons (Fsp3) is 0.500. The molecule has 1 N–H and O–H groups in total. The van der Waals surface area contributed by atoms with Crippen molar-refractivity contribution in [3.63, 3.8) is 0 Å². The Kier molecular flexibility index (Phi) is 5.61. The molecule has 0 heterocycles. The molecule has 1 aromatic rings. The SMILES string of the molecule is CCC(C)CC(C)NC(=O)c1cc([N+](=O)[O-])ccc1F. The molecule has 110 valence electrons. The smallest absolute Gasteiger partial charge is 0.270 e. The van der Waals surface area contributed by atoms with Gasteiger partial charge in [-0.05, 0) is 25.3 Å². The maximum atomic E-state index is 13.6. The molecule has 0 radical (unpaired) electrons. The highest BCUT2D eigenvalue weighted by Crippen LogP contribution is 2.17. The summed E-state index contributed by atoms with van der Waals surface area (Å²) < 4.78 is 13.6. The number of halogens is 1. The monoisotopic (exact) mass is 282 g/mol. The fourth-order valence-electron chi connectivity index (χ4n) is 1.93. The van der Waals surface area contributed by atoms with E-state index in [4.69, 9.17) is 0 Å². The Morgan fingerprint density at radius 3 is 2.65 bits per heavy atom. The number of nitrogens with one attached hydrogen (secondary N) is 1. The summed E-state index contributed by atoms with van der Waals surface area (Å²) >= 11 is 0. The highest BCUT2D eigenvalue weighted by Gasteiger charge is 2.18. The van der Waals surface area contributed by atoms with Crippen LogP contribution in [0.4, 0.5) is 10.1 Å². The van der Waals surface area contributed by atoms with Crippen LogP contribution in [-0.4, -0.2) is 16.9 Å². The molecule has 0 aliphatic carbocycles. The summed E-state index contributed by atoms with van der Waals surface area (Å²) in [6, 6.07) is 2.82. The summed E-state index contributed by atoms with van der Waals surface area (Å²) in [4.78, 5) is 21.9. The van der Waals surface area contributed by atoms with Crippen molar-refractivity contribution >= 4 is 11.6 Å². The summed E-state index contributed by atoms with van der Waals surface area (Å²) in [6.45, 7) is 5.95. The van der Waals surface area contributed by atoms with Crippen LogP contribution in [0, 0.1) is 21.8 Å². The van der Waals surface area contributed by atoms with Crippen LogP contribution >= 0.6 is 0 Å². The van der Waals surface area contributed by atoms with Crippen LogP contribution in [0.25, 0.3) is 0 Å². The maximum Gasteiger partial charge on any atom is 0.270 e.